The average Bonchev–Trinajstić information content (AvgIpc) is 1.80. The molecular weight excluding hydrogens is 279 g/mol. The Morgan fingerprint density at radius 2 is 1.69 bits per heavy atom. The molecule has 0 bridgehead atoms. The summed E-state index contributed by atoms with van der Waals surface area (Å²) >= 11 is 11.7. The standard InChI is InChI=1S/C4H12Cl2O3Si4/c1-12(2,3)9-13(4,6)8-11(5)7-10/h1-4H3. The highest BCUT2D eigenvalue weighted by Crippen LogP contribution is 2.20. The maximum atomic E-state index is 6.06. The van der Waals surface area contributed by atoms with Crippen LogP contribution in [0, 0.1) is 0 Å². The van der Waals surface area contributed by atoms with E-state index in [1.807, 2.05) is 19.6 Å². The van der Waals surface area contributed by atoms with E-state index in [1.165, 1.54) is 0 Å². The molecule has 4 radical (unpaired) electrons. The van der Waals surface area contributed by atoms with E-state index in [1.54, 1.807) is 6.55 Å². The van der Waals surface area contributed by atoms with E-state index in [4.69, 9.17) is 30.4 Å². The Balaban J connectivity index is 4.08. The second-order valence-corrected chi connectivity index (χ2v) is 15.3. The summed E-state index contributed by atoms with van der Waals surface area (Å²) in [5, 5.41) is 0. The van der Waals surface area contributed by atoms with E-state index in [0.717, 1.165) is 0 Å². The number of hydrogen-bond donors (Lipinski definition) is 0. The van der Waals surface area contributed by atoms with Crippen LogP contribution < -0.4 is 0 Å². The predicted octanol–water partition coefficient (Wildman–Crippen LogP) is 1.99. The zero-order chi connectivity index (χ0) is 10.7. The van der Waals surface area contributed by atoms with Gasteiger partial charge in [0, 0.05) is 0 Å². The number of rotatable bonds is 5. The first-order valence-corrected chi connectivity index (χ1v) is 13.1. The minimum atomic E-state index is -2.63. The molecule has 0 saturated carbocycles. The van der Waals surface area contributed by atoms with E-state index in [-0.39, 0.29) is 0 Å². The van der Waals surface area contributed by atoms with Crippen molar-refractivity contribution < 1.29 is 12.3 Å². The SMILES string of the molecule is C[Si](C)(C)O[Si](C)(Cl)O[Si](Cl)O[Si]. The van der Waals surface area contributed by atoms with Gasteiger partial charge in [0.1, 0.15) is 0 Å². The molecule has 3 nitrogen and oxygen atoms in total. The average molecular weight is 291 g/mol. The fraction of sp³-hybridized carbons (Fsp3) is 1.00. The van der Waals surface area contributed by atoms with Gasteiger partial charge in [-0.15, -0.1) is 11.1 Å². The lowest BCUT2D eigenvalue weighted by Crippen LogP contribution is -2.45. The molecule has 1 unspecified atom stereocenters. The second-order valence-electron chi connectivity index (χ2n) is 3.49. The van der Waals surface area contributed by atoms with Crippen LogP contribution in [0.5, 0.6) is 0 Å². The topological polar surface area (TPSA) is 27.7 Å². The third-order valence-electron chi connectivity index (χ3n) is 0.831. The lowest BCUT2D eigenvalue weighted by Gasteiger charge is -2.28. The van der Waals surface area contributed by atoms with Crippen LogP contribution in [0.15, 0.2) is 0 Å². The van der Waals surface area contributed by atoms with Crippen LogP contribution in [0.3, 0.4) is 0 Å². The molecule has 0 saturated heterocycles. The smallest absolute Gasteiger partial charge is 0.426 e. The van der Waals surface area contributed by atoms with Gasteiger partial charge >= 0.3 is 16.5 Å². The van der Waals surface area contributed by atoms with E-state index in [0.29, 0.717) is 0 Å². The van der Waals surface area contributed by atoms with Gasteiger partial charge in [0.2, 0.25) is 10.5 Å². The summed E-state index contributed by atoms with van der Waals surface area (Å²) in [5.41, 5.74) is 0. The van der Waals surface area contributed by atoms with Crippen molar-refractivity contribution >= 4 is 57.4 Å². The fourth-order valence-corrected chi connectivity index (χ4v) is 11.7. The molecule has 1 atom stereocenters. The van der Waals surface area contributed by atoms with Crippen LogP contribution in [0.2, 0.25) is 26.2 Å². The summed E-state index contributed by atoms with van der Waals surface area (Å²) < 4.78 is 15.6. The highest BCUT2D eigenvalue weighted by Gasteiger charge is 2.38. The van der Waals surface area contributed by atoms with Crippen LogP contribution in [-0.2, 0) is 12.3 Å². The first kappa shape index (κ1) is 14.3. The molecule has 0 aliphatic heterocycles. The van der Waals surface area contributed by atoms with E-state index in [9.17, 15) is 0 Å². The Morgan fingerprint density at radius 3 is 2.00 bits per heavy atom. The third-order valence-corrected chi connectivity index (χ3v) is 10.3. The second kappa shape index (κ2) is 5.42. The van der Waals surface area contributed by atoms with E-state index in [2.05, 4.69) is 14.6 Å². The molecule has 0 amide bonds. The van der Waals surface area contributed by atoms with Crippen LogP contribution in [0.4, 0.5) is 0 Å². The van der Waals surface area contributed by atoms with Crippen molar-refractivity contribution in [3.8, 4) is 0 Å². The Labute approximate surface area is 95.8 Å². The third kappa shape index (κ3) is 8.33. The number of hydrogen-bond acceptors (Lipinski definition) is 3. The van der Waals surface area contributed by atoms with Gasteiger partial charge in [-0.2, -0.15) is 0 Å². The molecule has 0 aromatic rings. The molecule has 0 heterocycles. The van der Waals surface area contributed by atoms with E-state index >= 15 is 0 Å². The van der Waals surface area contributed by atoms with Crippen molar-refractivity contribution in [3.63, 3.8) is 0 Å². The molecular formula is C4H12Cl2O3Si4. The summed E-state index contributed by atoms with van der Waals surface area (Å²) in [6, 6.07) is 0. The summed E-state index contributed by atoms with van der Waals surface area (Å²) in [7, 11) is -3.36. The van der Waals surface area contributed by atoms with Crippen molar-refractivity contribution in [1.82, 2.24) is 0 Å². The Kier molecular flexibility index (Phi) is 5.98. The van der Waals surface area contributed by atoms with Gasteiger partial charge in [0.25, 0.3) is 0 Å². The van der Waals surface area contributed by atoms with Gasteiger partial charge in [0.05, 0.1) is 0 Å². The lowest BCUT2D eigenvalue weighted by atomic mass is 11.8. The van der Waals surface area contributed by atoms with Crippen LogP contribution in [0.25, 0.3) is 0 Å². The molecule has 0 aromatic heterocycles. The Bertz CT molecular complexity index is 162. The summed E-state index contributed by atoms with van der Waals surface area (Å²) in [4.78, 5) is 0. The molecule has 0 spiro atoms. The van der Waals surface area contributed by atoms with Crippen LogP contribution in [0.1, 0.15) is 0 Å². The molecule has 0 N–H and O–H groups in total. The van der Waals surface area contributed by atoms with Crippen molar-refractivity contribution in [3.05, 3.63) is 0 Å². The Hall–Kier alpha value is 1.33. The lowest BCUT2D eigenvalue weighted by molar-refractivity contribution is 0.387. The van der Waals surface area contributed by atoms with E-state index < -0.39 is 24.8 Å². The highest BCUT2D eigenvalue weighted by atomic mass is 35.6. The molecule has 0 fully saturated rings. The quantitative estimate of drug-likeness (QED) is 0.573. The van der Waals surface area contributed by atoms with Crippen molar-refractivity contribution in [2.45, 2.75) is 26.2 Å². The molecule has 0 aliphatic rings. The Morgan fingerprint density at radius 1 is 1.23 bits per heavy atom. The van der Waals surface area contributed by atoms with Gasteiger partial charge in [-0.05, 0) is 26.2 Å². The van der Waals surface area contributed by atoms with Crippen LogP contribution in [-0.4, -0.2) is 35.3 Å². The van der Waals surface area contributed by atoms with Gasteiger partial charge in [-0.25, -0.2) is 0 Å². The largest absolute Gasteiger partial charge is 0.485 e. The normalized spacial score (nSPS) is 17.5. The highest BCUT2D eigenvalue weighted by molar-refractivity contribution is 7.19. The monoisotopic (exact) mass is 290 g/mol. The molecule has 76 valence electrons. The van der Waals surface area contributed by atoms with Gasteiger partial charge in [-0.3, -0.25) is 0 Å². The maximum absolute atomic E-state index is 6.06. The fourth-order valence-electron chi connectivity index (χ4n) is 0.732. The molecule has 0 rings (SSSR count). The maximum Gasteiger partial charge on any atom is 0.485 e. The minimum Gasteiger partial charge on any atom is -0.426 e. The number of halogens is 2. The van der Waals surface area contributed by atoms with Crippen molar-refractivity contribution in [2.75, 3.05) is 0 Å². The molecule has 13 heavy (non-hydrogen) atoms. The first-order valence-electron chi connectivity index (χ1n) is 3.60. The van der Waals surface area contributed by atoms with Gasteiger partial charge in [0.15, 0.2) is 8.32 Å². The summed E-state index contributed by atoms with van der Waals surface area (Å²) in [6.07, 6.45) is 0. The molecule has 0 aliphatic carbocycles. The zero-order valence-electron chi connectivity index (χ0n) is 7.98. The summed E-state index contributed by atoms with van der Waals surface area (Å²) in [6.45, 7) is 7.86. The summed E-state index contributed by atoms with van der Waals surface area (Å²) in [5.74, 6) is 0. The first-order chi connectivity index (χ1) is 5.66. The zero-order valence-corrected chi connectivity index (χ0v) is 13.5. The van der Waals surface area contributed by atoms with Gasteiger partial charge < -0.3 is 12.3 Å². The molecule has 0 aromatic carbocycles. The van der Waals surface area contributed by atoms with Crippen molar-refractivity contribution in [1.29, 1.82) is 0 Å². The van der Waals surface area contributed by atoms with Crippen LogP contribution >= 0.6 is 22.2 Å². The minimum absolute atomic E-state index is 1.68. The molecule has 9 heteroatoms. The van der Waals surface area contributed by atoms with Crippen molar-refractivity contribution in [2.24, 2.45) is 0 Å². The predicted molar refractivity (Wildman–Crippen MR) is 61.4 cm³/mol. The van der Waals surface area contributed by atoms with Gasteiger partial charge in [-0.1, -0.05) is 11.1 Å².